The van der Waals surface area contributed by atoms with E-state index in [1.165, 1.54) is 0 Å². The van der Waals surface area contributed by atoms with E-state index >= 15 is 0 Å². The highest BCUT2D eigenvalue weighted by atomic mass is 79.9. The number of aromatic nitrogens is 1. The Morgan fingerprint density at radius 3 is 2.73 bits per heavy atom. The Morgan fingerprint density at radius 1 is 1.53 bits per heavy atom. The van der Waals surface area contributed by atoms with Gasteiger partial charge in [-0.2, -0.15) is 0 Å². The number of rotatable bonds is 3. The number of hydrogen-bond acceptors (Lipinski definition) is 2. The van der Waals surface area contributed by atoms with E-state index < -0.39 is 0 Å². The maximum Gasteiger partial charge on any atom is 0.252 e. The van der Waals surface area contributed by atoms with Gasteiger partial charge in [0.25, 0.3) is 5.91 Å². The van der Waals surface area contributed by atoms with Crippen molar-refractivity contribution in [1.29, 1.82) is 0 Å². The number of halogens is 2. The van der Waals surface area contributed by atoms with Crippen LogP contribution in [0.25, 0.3) is 0 Å². The minimum atomic E-state index is -0.0931. The predicted molar refractivity (Wildman–Crippen MR) is 66.8 cm³/mol. The summed E-state index contributed by atoms with van der Waals surface area (Å²) in [5, 5.41) is 2.83. The van der Waals surface area contributed by atoms with E-state index in [0.717, 1.165) is 4.47 Å². The van der Waals surface area contributed by atoms with Crippen molar-refractivity contribution in [2.45, 2.75) is 13.8 Å². The van der Waals surface area contributed by atoms with Gasteiger partial charge in [-0.05, 0) is 43.8 Å². The topological polar surface area (TPSA) is 42.0 Å². The molecule has 15 heavy (non-hydrogen) atoms. The zero-order chi connectivity index (χ0) is 11.4. The van der Waals surface area contributed by atoms with Gasteiger partial charge in [-0.15, -0.1) is 0 Å². The molecule has 0 atom stereocenters. The fourth-order valence-corrected chi connectivity index (χ4v) is 1.51. The molecule has 0 unspecified atom stereocenters. The average molecular weight is 336 g/mol. The van der Waals surface area contributed by atoms with Crippen LogP contribution in [0.2, 0.25) is 0 Å². The highest BCUT2D eigenvalue weighted by molar-refractivity contribution is 9.13. The van der Waals surface area contributed by atoms with Gasteiger partial charge in [0.15, 0.2) is 0 Å². The van der Waals surface area contributed by atoms with Gasteiger partial charge in [0, 0.05) is 12.7 Å². The van der Waals surface area contributed by atoms with E-state index in [2.05, 4.69) is 56.0 Å². The third-order valence-electron chi connectivity index (χ3n) is 1.73. The summed E-state index contributed by atoms with van der Waals surface area (Å²) in [4.78, 5) is 15.7. The average Bonchev–Trinajstić information content (AvgIpc) is 2.18. The highest BCUT2D eigenvalue weighted by Gasteiger charge is 2.08. The van der Waals surface area contributed by atoms with Gasteiger partial charge in [-0.3, -0.25) is 4.79 Å². The number of nitrogens with zero attached hydrogens (tertiary/aromatic N) is 1. The summed E-state index contributed by atoms with van der Waals surface area (Å²) in [5.41, 5.74) is 0.561. The first-order valence-electron chi connectivity index (χ1n) is 4.60. The minimum Gasteiger partial charge on any atom is -0.352 e. The number of pyridine rings is 1. The van der Waals surface area contributed by atoms with Crippen LogP contribution in [0.5, 0.6) is 0 Å². The number of carbonyl (C=O) groups excluding carboxylic acids is 1. The summed E-state index contributed by atoms with van der Waals surface area (Å²) in [5.74, 6) is 0.352. The van der Waals surface area contributed by atoms with E-state index in [0.29, 0.717) is 22.6 Å². The van der Waals surface area contributed by atoms with Crippen LogP contribution in [0.1, 0.15) is 24.2 Å². The molecule has 1 rings (SSSR count). The molecule has 0 aromatic carbocycles. The second-order valence-corrected chi connectivity index (χ2v) is 5.21. The lowest BCUT2D eigenvalue weighted by Gasteiger charge is -2.07. The van der Waals surface area contributed by atoms with Gasteiger partial charge in [0.05, 0.1) is 10.0 Å². The summed E-state index contributed by atoms with van der Waals surface area (Å²) in [7, 11) is 0. The number of nitrogens with one attached hydrogen (secondary N) is 1. The molecule has 0 aliphatic rings. The molecule has 0 fully saturated rings. The van der Waals surface area contributed by atoms with Crippen molar-refractivity contribution >= 4 is 37.8 Å². The lowest BCUT2D eigenvalue weighted by Crippen LogP contribution is -2.27. The fraction of sp³-hybridized carbons (Fsp3) is 0.400. The minimum absolute atomic E-state index is 0.0931. The maximum absolute atomic E-state index is 11.6. The van der Waals surface area contributed by atoms with Gasteiger partial charge in [0.2, 0.25) is 0 Å². The third-order valence-corrected chi connectivity index (χ3v) is 3.50. The number of carbonyl (C=O) groups is 1. The van der Waals surface area contributed by atoms with E-state index in [4.69, 9.17) is 0 Å². The van der Waals surface area contributed by atoms with Crippen LogP contribution >= 0.6 is 31.9 Å². The van der Waals surface area contributed by atoms with E-state index in [1.54, 1.807) is 12.3 Å². The lowest BCUT2D eigenvalue weighted by molar-refractivity contribution is 0.0948. The Balaban J connectivity index is 2.70. The highest BCUT2D eigenvalue weighted by Crippen LogP contribution is 2.20. The van der Waals surface area contributed by atoms with Gasteiger partial charge in [0.1, 0.15) is 4.60 Å². The van der Waals surface area contributed by atoms with Crippen molar-refractivity contribution in [3.63, 3.8) is 0 Å². The Morgan fingerprint density at radius 2 is 2.20 bits per heavy atom. The van der Waals surface area contributed by atoms with Crippen molar-refractivity contribution < 1.29 is 4.79 Å². The third kappa shape index (κ3) is 3.91. The Labute approximate surface area is 106 Å². The van der Waals surface area contributed by atoms with Crippen LogP contribution < -0.4 is 5.32 Å². The SMILES string of the molecule is CC(C)CNC(=O)c1cnc(Br)c(Br)c1. The summed E-state index contributed by atoms with van der Waals surface area (Å²) in [6, 6.07) is 1.74. The van der Waals surface area contributed by atoms with Crippen molar-refractivity contribution in [3.8, 4) is 0 Å². The predicted octanol–water partition coefficient (Wildman–Crippen LogP) is 2.99. The number of amides is 1. The quantitative estimate of drug-likeness (QED) is 0.863. The molecule has 82 valence electrons. The molecule has 0 bridgehead atoms. The molecule has 0 aliphatic carbocycles. The van der Waals surface area contributed by atoms with Gasteiger partial charge in [-0.1, -0.05) is 13.8 Å². The van der Waals surface area contributed by atoms with Gasteiger partial charge in [-0.25, -0.2) is 4.98 Å². The van der Waals surface area contributed by atoms with Crippen molar-refractivity contribution in [2.75, 3.05) is 6.54 Å². The second-order valence-electron chi connectivity index (χ2n) is 3.60. The molecule has 1 heterocycles. The van der Waals surface area contributed by atoms with Crippen LogP contribution in [0.4, 0.5) is 0 Å². The molecule has 0 radical (unpaired) electrons. The molecule has 1 amide bonds. The monoisotopic (exact) mass is 334 g/mol. The van der Waals surface area contributed by atoms with E-state index in [1.807, 2.05) is 0 Å². The zero-order valence-electron chi connectivity index (χ0n) is 8.55. The maximum atomic E-state index is 11.6. The van der Waals surface area contributed by atoms with Crippen LogP contribution in [0.3, 0.4) is 0 Å². The second kappa shape index (κ2) is 5.61. The first-order valence-corrected chi connectivity index (χ1v) is 6.18. The van der Waals surface area contributed by atoms with Crippen molar-refractivity contribution in [1.82, 2.24) is 10.3 Å². The molecular formula is C10H12Br2N2O. The molecule has 3 nitrogen and oxygen atoms in total. The largest absolute Gasteiger partial charge is 0.352 e. The standard InChI is InChI=1S/C10H12Br2N2O/c1-6(2)4-14-10(15)7-3-8(11)9(12)13-5-7/h3,5-6H,4H2,1-2H3,(H,14,15). The molecule has 0 saturated carbocycles. The molecule has 0 spiro atoms. The Bertz CT molecular complexity index is 366. The van der Waals surface area contributed by atoms with E-state index in [-0.39, 0.29) is 5.91 Å². The lowest BCUT2D eigenvalue weighted by atomic mass is 10.2. The molecule has 1 aromatic heterocycles. The van der Waals surface area contributed by atoms with Crippen LogP contribution in [0, 0.1) is 5.92 Å². The normalized spacial score (nSPS) is 10.5. The van der Waals surface area contributed by atoms with Crippen LogP contribution in [0.15, 0.2) is 21.3 Å². The van der Waals surface area contributed by atoms with Gasteiger partial charge >= 0.3 is 0 Å². The molecule has 1 aromatic rings. The van der Waals surface area contributed by atoms with Crippen LogP contribution in [-0.2, 0) is 0 Å². The first kappa shape index (κ1) is 12.6. The summed E-state index contributed by atoms with van der Waals surface area (Å²) in [6.45, 7) is 4.78. The summed E-state index contributed by atoms with van der Waals surface area (Å²) in [6.07, 6.45) is 1.55. The van der Waals surface area contributed by atoms with Gasteiger partial charge < -0.3 is 5.32 Å². The van der Waals surface area contributed by atoms with Crippen LogP contribution in [-0.4, -0.2) is 17.4 Å². The summed E-state index contributed by atoms with van der Waals surface area (Å²) >= 11 is 6.56. The number of hydrogen-bond donors (Lipinski definition) is 1. The van der Waals surface area contributed by atoms with Crippen molar-refractivity contribution in [2.24, 2.45) is 5.92 Å². The molecule has 1 N–H and O–H groups in total. The zero-order valence-corrected chi connectivity index (χ0v) is 11.7. The molecule has 0 saturated heterocycles. The smallest absolute Gasteiger partial charge is 0.252 e. The first-order chi connectivity index (χ1) is 7.00. The molecular weight excluding hydrogens is 324 g/mol. The summed E-state index contributed by atoms with van der Waals surface area (Å²) < 4.78 is 1.47. The Kier molecular flexibility index (Phi) is 4.73. The fourth-order valence-electron chi connectivity index (χ4n) is 0.944. The van der Waals surface area contributed by atoms with E-state index in [9.17, 15) is 4.79 Å². The Hall–Kier alpha value is -0.420. The van der Waals surface area contributed by atoms with Crippen molar-refractivity contribution in [3.05, 3.63) is 26.9 Å². The molecule has 0 aliphatic heterocycles. The molecule has 5 heteroatoms.